The number of pyridine rings is 1. The van der Waals surface area contributed by atoms with E-state index in [9.17, 15) is 0 Å². The van der Waals surface area contributed by atoms with E-state index < -0.39 is 0 Å². The minimum absolute atomic E-state index is 0.408. The van der Waals surface area contributed by atoms with Crippen molar-refractivity contribution in [2.45, 2.75) is 20.8 Å². The van der Waals surface area contributed by atoms with Gasteiger partial charge < -0.3 is 14.8 Å². The van der Waals surface area contributed by atoms with Gasteiger partial charge in [-0.1, -0.05) is 13.8 Å². The second-order valence-electron chi connectivity index (χ2n) is 4.96. The first-order valence-electron chi connectivity index (χ1n) is 8.46. The summed E-state index contributed by atoms with van der Waals surface area (Å²) in [6.07, 6.45) is 3.47. The third-order valence-electron chi connectivity index (χ3n) is 3.43. The Morgan fingerprint density at radius 1 is 1.12 bits per heavy atom. The summed E-state index contributed by atoms with van der Waals surface area (Å²) in [6.45, 7) is 6.67. The molecule has 3 aromatic rings. The van der Waals surface area contributed by atoms with E-state index in [1.807, 2.05) is 40.1 Å². The highest BCUT2D eigenvalue weighted by atomic mass is 16.5. The van der Waals surface area contributed by atoms with Crippen molar-refractivity contribution in [3.05, 3.63) is 24.5 Å². The van der Waals surface area contributed by atoms with Crippen LogP contribution in [-0.4, -0.2) is 50.3 Å². The van der Waals surface area contributed by atoms with Gasteiger partial charge in [-0.15, -0.1) is 10.2 Å². The van der Waals surface area contributed by atoms with E-state index in [1.165, 1.54) is 0 Å². The second kappa shape index (κ2) is 8.84. The maximum absolute atomic E-state index is 5.49. The highest BCUT2D eigenvalue weighted by molar-refractivity contribution is 5.64. The molecule has 0 bridgehead atoms. The lowest BCUT2D eigenvalue weighted by molar-refractivity contribution is 0.379. The molecule has 0 aliphatic carbocycles. The highest BCUT2D eigenvalue weighted by Gasteiger charge is 2.23. The molecule has 0 saturated carbocycles. The molecule has 0 aliphatic rings. The Morgan fingerprint density at radius 3 is 2.46 bits per heavy atom. The number of aromatic nitrogens is 6. The molecule has 0 radical (unpaired) electrons. The Labute approximate surface area is 153 Å². The third-order valence-corrected chi connectivity index (χ3v) is 3.43. The van der Waals surface area contributed by atoms with E-state index in [-0.39, 0.29) is 0 Å². The van der Waals surface area contributed by atoms with Gasteiger partial charge in [0.05, 0.1) is 14.2 Å². The summed E-state index contributed by atoms with van der Waals surface area (Å²) >= 11 is 0. The predicted molar refractivity (Wildman–Crippen MR) is 100.0 cm³/mol. The number of anilines is 1. The summed E-state index contributed by atoms with van der Waals surface area (Å²) in [5, 5.41) is 16.1. The van der Waals surface area contributed by atoms with E-state index in [0.717, 1.165) is 0 Å². The highest BCUT2D eigenvalue weighted by Crippen LogP contribution is 2.35. The van der Waals surface area contributed by atoms with Crippen molar-refractivity contribution in [1.29, 1.82) is 0 Å². The molecular weight excluding hydrogens is 334 g/mol. The van der Waals surface area contributed by atoms with Crippen LogP contribution in [0.1, 0.15) is 20.8 Å². The molecule has 1 N–H and O–H groups in total. The lowest BCUT2D eigenvalue weighted by atomic mass is 10.3. The van der Waals surface area contributed by atoms with Crippen LogP contribution in [0.25, 0.3) is 17.2 Å². The number of hydrogen-bond acceptors (Lipinski definition) is 7. The Kier molecular flexibility index (Phi) is 6.54. The summed E-state index contributed by atoms with van der Waals surface area (Å²) in [5.41, 5.74) is 1.30. The van der Waals surface area contributed by atoms with Crippen molar-refractivity contribution in [1.82, 2.24) is 29.5 Å². The molecule has 3 rings (SSSR count). The monoisotopic (exact) mass is 359 g/mol. The molecule has 0 spiro atoms. The van der Waals surface area contributed by atoms with Crippen LogP contribution in [0.15, 0.2) is 24.5 Å². The second-order valence-corrected chi connectivity index (χ2v) is 4.96. The fraction of sp³-hybridized carbons (Fsp3) is 0.412. The topological polar surface area (TPSA) is 91.9 Å². The van der Waals surface area contributed by atoms with Gasteiger partial charge >= 0.3 is 0 Å². The SMILES string of the molecule is CC.CCNc1nnc(-c2ccn(C)n2)n1-c1c(OC)ccnc1OC. The lowest BCUT2D eigenvalue weighted by Gasteiger charge is -2.15. The summed E-state index contributed by atoms with van der Waals surface area (Å²) < 4.78 is 14.4. The molecule has 3 aromatic heterocycles. The fourth-order valence-corrected chi connectivity index (χ4v) is 2.41. The van der Waals surface area contributed by atoms with E-state index in [2.05, 4.69) is 25.6 Å². The zero-order valence-electron chi connectivity index (χ0n) is 16.0. The molecule has 9 heteroatoms. The molecule has 0 amide bonds. The van der Waals surface area contributed by atoms with Gasteiger partial charge in [0.2, 0.25) is 11.8 Å². The molecule has 0 aromatic carbocycles. The molecule has 26 heavy (non-hydrogen) atoms. The first-order chi connectivity index (χ1) is 12.7. The molecule has 140 valence electrons. The van der Waals surface area contributed by atoms with Gasteiger partial charge in [0.25, 0.3) is 0 Å². The third kappa shape index (κ3) is 3.61. The van der Waals surface area contributed by atoms with Gasteiger partial charge in [-0.25, -0.2) is 4.98 Å². The number of hydrogen-bond donors (Lipinski definition) is 1. The van der Waals surface area contributed by atoms with Crippen LogP contribution in [0.3, 0.4) is 0 Å². The Bertz CT molecular complexity index is 819. The molecule has 9 nitrogen and oxygen atoms in total. The number of nitrogens with one attached hydrogen (secondary N) is 1. The summed E-state index contributed by atoms with van der Waals surface area (Å²) in [5.74, 6) is 2.13. The molecule has 0 saturated heterocycles. The number of rotatable bonds is 6. The minimum Gasteiger partial charge on any atom is -0.494 e. The van der Waals surface area contributed by atoms with E-state index in [1.54, 1.807) is 35.7 Å². The fourth-order valence-electron chi connectivity index (χ4n) is 2.41. The van der Waals surface area contributed by atoms with Gasteiger partial charge in [-0.3, -0.25) is 9.25 Å². The summed E-state index contributed by atoms with van der Waals surface area (Å²) in [6, 6.07) is 3.63. The van der Waals surface area contributed by atoms with E-state index >= 15 is 0 Å². The van der Waals surface area contributed by atoms with Crippen LogP contribution in [0.2, 0.25) is 0 Å². The summed E-state index contributed by atoms with van der Waals surface area (Å²) in [4.78, 5) is 4.27. The zero-order chi connectivity index (χ0) is 19.1. The Hall–Kier alpha value is -3.10. The Morgan fingerprint density at radius 2 is 1.88 bits per heavy atom. The predicted octanol–water partition coefficient (Wildman–Crippen LogP) is 2.54. The van der Waals surface area contributed by atoms with E-state index in [0.29, 0.717) is 41.3 Å². The van der Waals surface area contributed by atoms with Crippen LogP contribution in [-0.2, 0) is 7.05 Å². The average molecular weight is 359 g/mol. The molecule has 0 aliphatic heterocycles. The van der Waals surface area contributed by atoms with Gasteiger partial charge in [-0.2, -0.15) is 5.10 Å². The maximum Gasteiger partial charge on any atom is 0.242 e. The van der Waals surface area contributed by atoms with Crippen LogP contribution in [0.4, 0.5) is 5.95 Å². The maximum atomic E-state index is 5.49. The van der Waals surface area contributed by atoms with Gasteiger partial charge in [0.15, 0.2) is 11.5 Å². The number of aryl methyl sites for hydroxylation is 1. The molecule has 0 atom stereocenters. The van der Waals surface area contributed by atoms with Gasteiger partial charge in [0, 0.05) is 32.1 Å². The number of methoxy groups -OCH3 is 2. The molecule has 3 heterocycles. The molecule has 0 unspecified atom stereocenters. The number of ether oxygens (including phenoxy) is 2. The average Bonchev–Trinajstić information content (AvgIpc) is 3.29. The van der Waals surface area contributed by atoms with Crippen molar-refractivity contribution in [2.24, 2.45) is 7.05 Å². The van der Waals surface area contributed by atoms with Crippen molar-refractivity contribution < 1.29 is 9.47 Å². The van der Waals surface area contributed by atoms with Crippen LogP contribution in [0, 0.1) is 0 Å². The first-order valence-corrected chi connectivity index (χ1v) is 8.46. The smallest absolute Gasteiger partial charge is 0.242 e. The quantitative estimate of drug-likeness (QED) is 0.723. The normalized spacial score (nSPS) is 10.1. The van der Waals surface area contributed by atoms with E-state index in [4.69, 9.17) is 9.47 Å². The van der Waals surface area contributed by atoms with Crippen LogP contribution < -0.4 is 14.8 Å². The minimum atomic E-state index is 0.408. The number of nitrogens with zero attached hydrogens (tertiary/aromatic N) is 6. The zero-order valence-corrected chi connectivity index (χ0v) is 16.0. The standard InChI is InChI=1S/C15H19N7O2.C2H6/c1-5-16-15-19-18-13(10-7-9-21(2)20-10)22(15)12-11(23-3)6-8-17-14(12)24-4;1-2/h6-9H,5H2,1-4H3,(H,16,19);1-2H3. The Balaban J connectivity index is 0.00000117. The van der Waals surface area contributed by atoms with Crippen molar-refractivity contribution in [2.75, 3.05) is 26.1 Å². The molecule has 0 fully saturated rings. The van der Waals surface area contributed by atoms with Crippen molar-refractivity contribution >= 4 is 5.95 Å². The molecular formula is C17H25N7O2. The largest absolute Gasteiger partial charge is 0.494 e. The van der Waals surface area contributed by atoms with Crippen molar-refractivity contribution in [3.63, 3.8) is 0 Å². The van der Waals surface area contributed by atoms with Crippen LogP contribution in [0.5, 0.6) is 11.6 Å². The summed E-state index contributed by atoms with van der Waals surface area (Å²) in [7, 11) is 5.00. The van der Waals surface area contributed by atoms with Gasteiger partial charge in [-0.05, 0) is 13.0 Å². The lowest BCUT2D eigenvalue weighted by Crippen LogP contribution is -2.10. The van der Waals surface area contributed by atoms with Gasteiger partial charge in [0.1, 0.15) is 11.4 Å². The first kappa shape index (κ1) is 19.2. The van der Waals surface area contributed by atoms with Crippen molar-refractivity contribution in [3.8, 4) is 28.8 Å². The van der Waals surface area contributed by atoms with Crippen LogP contribution >= 0.6 is 0 Å².